The zero-order chi connectivity index (χ0) is 20.4. The highest BCUT2D eigenvalue weighted by atomic mass is 32.2. The lowest BCUT2D eigenvalue weighted by Crippen LogP contribution is -2.11. The summed E-state index contributed by atoms with van der Waals surface area (Å²) in [4.78, 5) is 4.83. The molecule has 1 heterocycles. The molecule has 2 N–H and O–H groups in total. The van der Waals surface area contributed by atoms with Gasteiger partial charge in [-0.2, -0.15) is 0 Å². The molecule has 5 nitrogen and oxygen atoms in total. The van der Waals surface area contributed by atoms with E-state index in [0.29, 0.717) is 18.1 Å². The number of primary sulfonamides is 1. The van der Waals surface area contributed by atoms with Gasteiger partial charge in [-0.15, -0.1) is 0 Å². The van der Waals surface area contributed by atoms with Crippen LogP contribution in [-0.4, -0.2) is 13.4 Å². The van der Waals surface area contributed by atoms with Crippen LogP contribution in [0.1, 0.15) is 17.0 Å². The molecule has 0 bridgehead atoms. The fraction of sp³-hybridized carbons (Fsp3) is 0.0870. The molecule has 0 fully saturated rings. The molecule has 0 aliphatic rings. The summed E-state index contributed by atoms with van der Waals surface area (Å²) in [5.41, 5.74) is 4.62. The third kappa shape index (κ3) is 4.13. The topological polar surface area (TPSA) is 86.2 Å². The minimum Gasteiger partial charge on any atom is -0.440 e. The second-order valence-electron chi connectivity index (χ2n) is 6.83. The van der Waals surface area contributed by atoms with Gasteiger partial charge in [-0.3, -0.25) is 0 Å². The van der Waals surface area contributed by atoms with Gasteiger partial charge in [0.15, 0.2) is 11.7 Å². The largest absolute Gasteiger partial charge is 0.440 e. The molecule has 6 heteroatoms. The Labute approximate surface area is 169 Å². The van der Waals surface area contributed by atoms with Crippen molar-refractivity contribution < 1.29 is 12.8 Å². The summed E-state index contributed by atoms with van der Waals surface area (Å²) >= 11 is 0. The van der Waals surface area contributed by atoms with Crippen molar-refractivity contribution in [2.24, 2.45) is 5.14 Å². The summed E-state index contributed by atoms with van der Waals surface area (Å²) < 4.78 is 29.3. The maximum Gasteiger partial charge on any atom is 0.238 e. The molecule has 0 radical (unpaired) electrons. The van der Waals surface area contributed by atoms with E-state index in [2.05, 4.69) is 0 Å². The quantitative estimate of drug-likeness (QED) is 0.528. The van der Waals surface area contributed by atoms with E-state index in [-0.39, 0.29) is 4.90 Å². The molecule has 0 aliphatic carbocycles. The maximum atomic E-state index is 11.6. The van der Waals surface area contributed by atoms with E-state index in [4.69, 9.17) is 14.5 Å². The summed E-state index contributed by atoms with van der Waals surface area (Å²) in [7, 11) is -3.75. The molecule has 29 heavy (non-hydrogen) atoms. The predicted molar refractivity (Wildman–Crippen MR) is 113 cm³/mol. The molecular formula is C23H20N2O3S. The van der Waals surface area contributed by atoms with Gasteiger partial charge in [0.25, 0.3) is 0 Å². The highest BCUT2D eigenvalue weighted by Gasteiger charge is 2.19. The summed E-state index contributed by atoms with van der Waals surface area (Å²) in [6.07, 6.45) is 0.564. The number of oxazole rings is 1. The Kier molecular flexibility index (Phi) is 5.05. The Morgan fingerprint density at radius 3 is 2.21 bits per heavy atom. The highest BCUT2D eigenvalue weighted by molar-refractivity contribution is 7.89. The molecule has 0 saturated heterocycles. The lowest BCUT2D eigenvalue weighted by Gasteiger charge is -2.05. The van der Waals surface area contributed by atoms with Crippen molar-refractivity contribution in [2.75, 3.05) is 0 Å². The van der Waals surface area contributed by atoms with Crippen LogP contribution >= 0.6 is 0 Å². The number of hydrogen-bond acceptors (Lipinski definition) is 4. The van der Waals surface area contributed by atoms with E-state index in [0.717, 1.165) is 27.9 Å². The van der Waals surface area contributed by atoms with Crippen LogP contribution < -0.4 is 5.14 Å². The van der Waals surface area contributed by atoms with Gasteiger partial charge in [0.05, 0.1) is 4.90 Å². The van der Waals surface area contributed by atoms with Gasteiger partial charge in [-0.05, 0) is 42.3 Å². The Hall–Kier alpha value is -3.22. The predicted octanol–water partition coefficient (Wildman–Crippen LogP) is 4.56. The Balaban J connectivity index is 1.82. The SMILES string of the molecule is Cc1ccccc1-c1nc(Cc2ccccc2)oc1-c1ccc(S(N)(=O)=O)cc1. The lowest BCUT2D eigenvalue weighted by atomic mass is 10.0. The van der Waals surface area contributed by atoms with Crippen LogP contribution in [0.15, 0.2) is 88.2 Å². The van der Waals surface area contributed by atoms with E-state index in [1.807, 2.05) is 61.5 Å². The minimum absolute atomic E-state index is 0.0581. The first kappa shape index (κ1) is 19.1. The van der Waals surface area contributed by atoms with Crippen LogP contribution in [0.2, 0.25) is 0 Å². The summed E-state index contributed by atoms with van der Waals surface area (Å²) in [5.74, 6) is 1.20. The van der Waals surface area contributed by atoms with E-state index in [1.165, 1.54) is 12.1 Å². The molecule has 0 saturated carbocycles. The zero-order valence-corrected chi connectivity index (χ0v) is 16.7. The molecule has 4 aromatic rings. The van der Waals surface area contributed by atoms with Crippen molar-refractivity contribution in [3.05, 3.63) is 95.9 Å². The zero-order valence-electron chi connectivity index (χ0n) is 15.9. The van der Waals surface area contributed by atoms with Crippen LogP contribution in [0, 0.1) is 6.92 Å². The standard InChI is InChI=1S/C23H20N2O3S/c1-16-7-5-6-10-20(16)22-23(18-11-13-19(14-12-18)29(24,26)27)28-21(25-22)15-17-8-3-2-4-9-17/h2-14H,15H2,1H3,(H2,24,26,27). The van der Waals surface area contributed by atoms with Gasteiger partial charge in [0, 0.05) is 17.5 Å². The number of sulfonamides is 1. The fourth-order valence-corrected chi connectivity index (χ4v) is 3.74. The van der Waals surface area contributed by atoms with Gasteiger partial charge < -0.3 is 4.42 Å². The van der Waals surface area contributed by atoms with Crippen molar-refractivity contribution in [3.63, 3.8) is 0 Å². The molecular weight excluding hydrogens is 384 g/mol. The fourth-order valence-electron chi connectivity index (χ4n) is 3.22. The molecule has 0 atom stereocenters. The minimum atomic E-state index is -3.75. The van der Waals surface area contributed by atoms with Crippen molar-refractivity contribution in [2.45, 2.75) is 18.2 Å². The van der Waals surface area contributed by atoms with Gasteiger partial charge in [-0.1, -0.05) is 54.6 Å². The second kappa shape index (κ2) is 7.66. The number of benzene rings is 3. The molecule has 0 amide bonds. The summed E-state index contributed by atoms with van der Waals surface area (Å²) in [6, 6.07) is 24.3. The molecule has 0 spiro atoms. The third-order valence-electron chi connectivity index (χ3n) is 4.71. The van der Waals surface area contributed by atoms with Gasteiger partial charge >= 0.3 is 0 Å². The molecule has 3 aromatic carbocycles. The average molecular weight is 404 g/mol. The van der Waals surface area contributed by atoms with Crippen LogP contribution in [0.3, 0.4) is 0 Å². The third-order valence-corrected chi connectivity index (χ3v) is 5.64. The van der Waals surface area contributed by atoms with E-state index >= 15 is 0 Å². The van der Waals surface area contributed by atoms with E-state index < -0.39 is 10.0 Å². The van der Waals surface area contributed by atoms with Crippen molar-refractivity contribution in [1.82, 2.24) is 4.98 Å². The number of aromatic nitrogens is 1. The Morgan fingerprint density at radius 2 is 1.55 bits per heavy atom. The monoisotopic (exact) mass is 404 g/mol. The van der Waals surface area contributed by atoms with Crippen LogP contribution in [0.5, 0.6) is 0 Å². The summed E-state index contributed by atoms with van der Waals surface area (Å²) in [5, 5.41) is 5.21. The molecule has 146 valence electrons. The highest BCUT2D eigenvalue weighted by Crippen LogP contribution is 2.35. The number of nitrogens with zero attached hydrogens (tertiary/aromatic N) is 1. The van der Waals surface area contributed by atoms with E-state index in [9.17, 15) is 8.42 Å². The average Bonchev–Trinajstić information content (AvgIpc) is 3.12. The first-order valence-electron chi connectivity index (χ1n) is 9.15. The molecule has 4 rings (SSSR count). The van der Waals surface area contributed by atoms with Crippen LogP contribution in [-0.2, 0) is 16.4 Å². The summed E-state index contributed by atoms with van der Waals surface area (Å²) in [6.45, 7) is 2.02. The number of nitrogens with two attached hydrogens (primary N) is 1. The Morgan fingerprint density at radius 1 is 0.897 bits per heavy atom. The number of rotatable bonds is 5. The first-order chi connectivity index (χ1) is 13.9. The first-order valence-corrected chi connectivity index (χ1v) is 10.7. The number of hydrogen-bond donors (Lipinski definition) is 1. The normalized spacial score (nSPS) is 11.5. The lowest BCUT2D eigenvalue weighted by molar-refractivity contribution is 0.519. The maximum absolute atomic E-state index is 11.6. The number of aryl methyl sites for hydroxylation is 1. The molecule has 0 aliphatic heterocycles. The molecule has 0 unspecified atom stereocenters. The second-order valence-corrected chi connectivity index (χ2v) is 8.39. The van der Waals surface area contributed by atoms with Crippen LogP contribution in [0.25, 0.3) is 22.6 Å². The van der Waals surface area contributed by atoms with Gasteiger partial charge in [-0.25, -0.2) is 18.5 Å². The van der Waals surface area contributed by atoms with E-state index in [1.54, 1.807) is 12.1 Å². The van der Waals surface area contributed by atoms with Crippen molar-refractivity contribution in [1.29, 1.82) is 0 Å². The Bertz CT molecular complexity index is 1250. The molecule has 1 aromatic heterocycles. The van der Waals surface area contributed by atoms with Gasteiger partial charge in [0.2, 0.25) is 10.0 Å². The van der Waals surface area contributed by atoms with Crippen molar-refractivity contribution >= 4 is 10.0 Å². The van der Waals surface area contributed by atoms with Gasteiger partial charge in [0.1, 0.15) is 5.69 Å². The smallest absolute Gasteiger partial charge is 0.238 e. The van der Waals surface area contributed by atoms with Crippen LogP contribution in [0.4, 0.5) is 0 Å². The van der Waals surface area contributed by atoms with Crippen molar-refractivity contribution in [3.8, 4) is 22.6 Å².